The highest BCUT2D eigenvalue weighted by atomic mass is 19.1. The molecule has 7 heterocycles. The lowest BCUT2D eigenvalue weighted by atomic mass is 9.95. The Morgan fingerprint density at radius 2 is 1.81 bits per heavy atom. The predicted molar refractivity (Wildman–Crippen MR) is 177 cm³/mol. The van der Waals surface area contributed by atoms with E-state index in [2.05, 4.69) is 20.7 Å². The van der Waals surface area contributed by atoms with Crippen LogP contribution in [0.2, 0.25) is 0 Å². The van der Waals surface area contributed by atoms with E-state index in [-0.39, 0.29) is 53.1 Å². The molecular weight excluding hydrogens is 611 g/mol. The summed E-state index contributed by atoms with van der Waals surface area (Å²) < 4.78 is 28.5. The fourth-order valence-corrected chi connectivity index (χ4v) is 8.87. The fourth-order valence-electron chi connectivity index (χ4n) is 8.87. The molecule has 5 saturated heterocycles. The zero-order valence-electron chi connectivity index (χ0n) is 26.5. The summed E-state index contributed by atoms with van der Waals surface area (Å²) in [5, 5.41) is 2.14. The number of carbonyl (C=O) groups excluding carboxylic acids is 2. The Morgan fingerprint density at radius 1 is 1.08 bits per heavy atom. The first-order chi connectivity index (χ1) is 23.4. The molecule has 10 nitrogen and oxygen atoms in total. The summed E-state index contributed by atoms with van der Waals surface area (Å²) in [6.45, 7) is 3.58. The van der Waals surface area contributed by atoms with Gasteiger partial charge in [-0.1, -0.05) is 36.3 Å². The second-order valence-corrected chi connectivity index (χ2v) is 13.8. The Labute approximate surface area is 277 Å². The number of hydrogen-bond donors (Lipinski definition) is 0. The van der Waals surface area contributed by atoms with Gasteiger partial charge in [-0.3, -0.25) is 19.5 Å². The van der Waals surface area contributed by atoms with E-state index in [1.807, 2.05) is 41.3 Å². The molecular formula is C37H35FN6O4. The van der Waals surface area contributed by atoms with Crippen LogP contribution in [0, 0.1) is 18.2 Å². The van der Waals surface area contributed by atoms with Crippen molar-refractivity contribution >= 4 is 39.4 Å². The molecule has 0 N–H and O–H groups in total. The van der Waals surface area contributed by atoms with Gasteiger partial charge in [0.2, 0.25) is 0 Å². The molecule has 3 atom stereocenters. The predicted octanol–water partition coefficient (Wildman–Crippen LogP) is 4.47. The Balaban J connectivity index is 1.12. The van der Waals surface area contributed by atoms with E-state index in [1.54, 1.807) is 6.20 Å². The number of rotatable bonds is 6. The molecule has 5 aliphatic rings. The number of fused-ring (bicyclic) bond motifs is 5. The van der Waals surface area contributed by atoms with Crippen LogP contribution in [0.4, 0.5) is 10.2 Å². The number of esters is 1. The molecule has 11 heteroatoms. The van der Waals surface area contributed by atoms with Crippen molar-refractivity contribution in [1.29, 1.82) is 0 Å². The standard InChI is InChI=1S/C37H35FN6O4/c1-2-22-7-3-8-23-9-4-10-26(30(22)23)32-31(38)33-27(18-39-32)34(41-36(40-33)47-21-37-13-5-15-43(37)16-6-14-37)42-19-24-11-12-25(20-42)44(24)35(46)28-17-29(45)48-28/h1,3-4,7-10,18,24-25,28H,5-6,11-17,19-21H2/t24-,25?,28?/m0/s1. The van der Waals surface area contributed by atoms with Crippen LogP contribution in [0.15, 0.2) is 42.6 Å². The number of anilines is 1. The number of hydrogen-bond acceptors (Lipinski definition) is 9. The monoisotopic (exact) mass is 646 g/mol. The van der Waals surface area contributed by atoms with E-state index in [4.69, 9.17) is 25.9 Å². The van der Waals surface area contributed by atoms with E-state index >= 15 is 4.39 Å². The Kier molecular flexibility index (Phi) is 6.80. The Morgan fingerprint density at radius 3 is 2.52 bits per heavy atom. The molecule has 2 aromatic carbocycles. The first-order valence-corrected chi connectivity index (χ1v) is 16.9. The van der Waals surface area contributed by atoms with Crippen molar-refractivity contribution in [2.75, 3.05) is 37.7 Å². The van der Waals surface area contributed by atoms with E-state index in [9.17, 15) is 9.59 Å². The number of piperazine rings is 1. The molecule has 5 aliphatic heterocycles. The summed E-state index contributed by atoms with van der Waals surface area (Å²) in [7, 11) is 0. The summed E-state index contributed by atoms with van der Waals surface area (Å²) in [5.74, 6) is 2.25. The zero-order valence-corrected chi connectivity index (χ0v) is 26.5. The maximum atomic E-state index is 16.9. The number of nitrogens with zero attached hydrogens (tertiary/aromatic N) is 6. The molecule has 1 amide bonds. The Bertz CT molecular complexity index is 2010. The second kappa shape index (κ2) is 11.1. The number of halogens is 1. The van der Waals surface area contributed by atoms with Gasteiger partial charge in [-0.25, -0.2) is 4.39 Å². The third-order valence-corrected chi connectivity index (χ3v) is 11.2. The topological polar surface area (TPSA) is 101 Å². The third-order valence-electron chi connectivity index (χ3n) is 11.2. The summed E-state index contributed by atoms with van der Waals surface area (Å²) in [6.07, 6.45) is 13.0. The van der Waals surface area contributed by atoms with Crippen LogP contribution >= 0.6 is 0 Å². The van der Waals surface area contributed by atoms with Crippen LogP contribution in [0.25, 0.3) is 32.9 Å². The lowest BCUT2D eigenvalue weighted by Crippen LogP contribution is -2.60. The van der Waals surface area contributed by atoms with Gasteiger partial charge in [0.05, 0.1) is 17.3 Å². The number of terminal acetylenes is 1. The maximum Gasteiger partial charge on any atom is 0.319 e. The van der Waals surface area contributed by atoms with Gasteiger partial charge in [0.1, 0.15) is 23.6 Å². The summed E-state index contributed by atoms with van der Waals surface area (Å²) in [4.78, 5) is 45.5. The van der Waals surface area contributed by atoms with Crippen molar-refractivity contribution in [3.8, 4) is 29.6 Å². The fraction of sp³-hybridized carbons (Fsp3) is 0.432. The van der Waals surface area contributed by atoms with Gasteiger partial charge in [-0.05, 0) is 63.1 Å². The van der Waals surface area contributed by atoms with Crippen LogP contribution < -0.4 is 9.64 Å². The molecule has 9 rings (SSSR count). The SMILES string of the molecule is C#Cc1cccc2cccc(-c3ncc4c(N5CC6CC[C@@H](C5)N6C(=O)C5CC(=O)O5)nc(OCC56CCCN5CCC6)nc4c3F)c12. The summed E-state index contributed by atoms with van der Waals surface area (Å²) in [6, 6.07) is 11.3. The number of ether oxygens (including phenoxy) is 2. The van der Waals surface area contributed by atoms with E-state index in [0.717, 1.165) is 62.4 Å². The third kappa shape index (κ3) is 4.53. The number of carbonyl (C=O) groups is 2. The highest BCUT2D eigenvalue weighted by molar-refractivity contribution is 6.02. The van der Waals surface area contributed by atoms with Crippen molar-refractivity contribution < 1.29 is 23.5 Å². The molecule has 4 aromatic rings. The van der Waals surface area contributed by atoms with Crippen molar-refractivity contribution in [3.05, 3.63) is 54.0 Å². The molecule has 2 bridgehead atoms. The van der Waals surface area contributed by atoms with E-state index in [0.29, 0.717) is 42.0 Å². The normalized spacial score (nSPS) is 24.4. The Hall–Kier alpha value is -4.82. The van der Waals surface area contributed by atoms with Crippen LogP contribution in [0.1, 0.15) is 50.5 Å². The maximum absolute atomic E-state index is 16.9. The van der Waals surface area contributed by atoms with Gasteiger partial charge >= 0.3 is 12.0 Å². The van der Waals surface area contributed by atoms with Crippen LogP contribution in [0.5, 0.6) is 6.01 Å². The molecule has 5 fully saturated rings. The molecule has 0 radical (unpaired) electrons. The average molecular weight is 647 g/mol. The molecule has 244 valence electrons. The van der Waals surface area contributed by atoms with Crippen LogP contribution in [-0.4, -0.2) is 93.1 Å². The number of cyclic esters (lactones) is 1. The molecule has 2 unspecified atom stereocenters. The van der Waals surface area contributed by atoms with Gasteiger partial charge in [0.15, 0.2) is 11.9 Å². The smallest absolute Gasteiger partial charge is 0.319 e. The minimum atomic E-state index is -0.696. The number of aromatic nitrogens is 3. The highest BCUT2D eigenvalue weighted by Crippen LogP contribution is 2.41. The second-order valence-electron chi connectivity index (χ2n) is 13.8. The zero-order chi connectivity index (χ0) is 32.6. The van der Waals surface area contributed by atoms with E-state index in [1.165, 1.54) is 0 Å². The average Bonchev–Trinajstić information content (AvgIpc) is 3.75. The molecule has 0 aliphatic carbocycles. The lowest BCUT2D eigenvalue weighted by molar-refractivity contribution is -0.180. The summed E-state index contributed by atoms with van der Waals surface area (Å²) >= 11 is 0. The van der Waals surface area contributed by atoms with Crippen molar-refractivity contribution in [2.24, 2.45) is 0 Å². The van der Waals surface area contributed by atoms with Gasteiger partial charge < -0.3 is 19.3 Å². The van der Waals surface area contributed by atoms with Gasteiger partial charge in [-0.2, -0.15) is 9.97 Å². The minimum Gasteiger partial charge on any atom is -0.461 e. The van der Waals surface area contributed by atoms with Crippen molar-refractivity contribution in [2.45, 2.75) is 68.7 Å². The van der Waals surface area contributed by atoms with E-state index < -0.39 is 11.9 Å². The largest absolute Gasteiger partial charge is 0.461 e. The van der Waals surface area contributed by atoms with Gasteiger partial charge in [-0.15, -0.1) is 6.42 Å². The highest BCUT2D eigenvalue weighted by Gasteiger charge is 2.49. The van der Waals surface area contributed by atoms with Gasteiger partial charge in [0, 0.05) is 47.9 Å². The van der Waals surface area contributed by atoms with Crippen LogP contribution in [0.3, 0.4) is 0 Å². The molecule has 0 spiro atoms. The van der Waals surface area contributed by atoms with Gasteiger partial charge in [0.25, 0.3) is 5.91 Å². The lowest BCUT2D eigenvalue weighted by Gasteiger charge is -2.43. The number of benzene rings is 2. The van der Waals surface area contributed by atoms with Crippen LogP contribution in [-0.2, 0) is 14.3 Å². The first kappa shape index (κ1) is 29.3. The molecule has 2 aromatic heterocycles. The molecule has 48 heavy (non-hydrogen) atoms. The van der Waals surface area contributed by atoms with Crippen molar-refractivity contribution in [1.82, 2.24) is 24.8 Å². The summed E-state index contributed by atoms with van der Waals surface area (Å²) in [5.41, 5.74) is 1.51. The van der Waals surface area contributed by atoms with Crippen molar-refractivity contribution in [3.63, 3.8) is 0 Å². The minimum absolute atomic E-state index is 0.0366. The molecule has 0 saturated carbocycles. The number of amides is 1. The number of pyridine rings is 1. The quantitative estimate of drug-likeness (QED) is 0.222. The first-order valence-electron chi connectivity index (χ1n) is 16.9.